The number of ether oxygens (including phenoxy) is 1. The fourth-order valence-electron chi connectivity index (χ4n) is 2.56. The molecule has 2 atom stereocenters. The fourth-order valence-corrected chi connectivity index (χ4v) is 4.43. The van der Waals surface area contributed by atoms with Gasteiger partial charge in [-0.2, -0.15) is 4.31 Å². The van der Waals surface area contributed by atoms with Gasteiger partial charge in [-0.25, -0.2) is 12.8 Å². The van der Waals surface area contributed by atoms with Crippen LogP contribution < -0.4 is 5.73 Å². The first-order valence-corrected chi connectivity index (χ1v) is 8.34. The quantitative estimate of drug-likeness (QED) is 0.914. The molecule has 1 aromatic carbocycles. The molecule has 2 N–H and O–H groups in total. The number of nitrogens with two attached hydrogens (primary N) is 1. The van der Waals surface area contributed by atoms with Crippen molar-refractivity contribution in [1.82, 2.24) is 4.31 Å². The highest BCUT2D eigenvalue weighted by molar-refractivity contribution is 7.89. The summed E-state index contributed by atoms with van der Waals surface area (Å²) in [7, 11) is -3.76. The summed E-state index contributed by atoms with van der Waals surface area (Å²) in [6, 6.07) is 2.73. The number of sulfonamides is 1. The number of hydrogen-bond donors (Lipinski definition) is 1. The molecule has 2 rings (SSSR count). The lowest BCUT2D eigenvalue weighted by Gasteiger charge is -2.34. The summed E-state index contributed by atoms with van der Waals surface area (Å²) in [6.07, 6.45) is -0.377. The van der Waals surface area contributed by atoms with Crippen molar-refractivity contribution in [3.05, 3.63) is 29.1 Å². The van der Waals surface area contributed by atoms with Crippen LogP contribution in [0.15, 0.2) is 17.0 Å². The van der Waals surface area contributed by atoms with Crippen LogP contribution >= 0.6 is 0 Å². The molecule has 0 aliphatic carbocycles. The third kappa shape index (κ3) is 3.26. The Labute approximate surface area is 124 Å². The van der Waals surface area contributed by atoms with Crippen LogP contribution in [0.5, 0.6) is 0 Å². The van der Waals surface area contributed by atoms with Gasteiger partial charge in [0, 0.05) is 25.2 Å². The van der Waals surface area contributed by atoms with Gasteiger partial charge in [0.05, 0.1) is 17.1 Å². The molecule has 1 aliphatic rings. The van der Waals surface area contributed by atoms with Gasteiger partial charge in [-0.3, -0.25) is 0 Å². The van der Waals surface area contributed by atoms with Crippen molar-refractivity contribution in [1.29, 1.82) is 0 Å². The average molecular weight is 316 g/mol. The summed E-state index contributed by atoms with van der Waals surface area (Å²) >= 11 is 0. The predicted octanol–water partition coefficient (Wildman–Crippen LogP) is 1.39. The highest BCUT2D eigenvalue weighted by Crippen LogP contribution is 2.26. The summed E-state index contributed by atoms with van der Waals surface area (Å²) in [6.45, 7) is 5.73. The van der Waals surface area contributed by atoms with E-state index in [1.807, 2.05) is 13.8 Å². The number of morpholine rings is 1. The average Bonchev–Trinajstić information content (AvgIpc) is 2.40. The minimum Gasteiger partial charge on any atom is -0.373 e. The molecule has 0 aromatic heterocycles. The maximum Gasteiger partial charge on any atom is 0.243 e. The first kappa shape index (κ1) is 16.4. The smallest absolute Gasteiger partial charge is 0.243 e. The summed E-state index contributed by atoms with van der Waals surface area (Å²) in [5.74, 6) is -0.550. The Kier molecular flexibility index (Phi) is 4.67. The van der Waals surface area contributed by atoms with Crippen molar-refractivity contribution in [3.8, 4) is 0 Å². The van der Waals surface area contributed by atoms with Crippen LogP contribution in [0.1, 0.15) is 25.0 Å². The second kappa shape index (κ2) is 6.00. The lowest BCUT2D eigenvalue weighted by Crippen LogP contribution is -2.48. The molecule has 7 heteroatoms. The SMILES string of the molecule is Cc1c(F)cc(CN)cc1S(=O)(=O)N1CC(C)OC(C)C1. The normalized spacial score (nSPS) is 24.2. The molecule has 118 valence electrons. The molecule has 2 unspecified atom stereocenters. The van der Waals surface area contributed by atoms with E-state index < -0.39 is 15.8 Å². The van der Waals surface area contributed by atoms with Gasteiger partial charge >= 0.3 is 0 Å². The standard InChI is InChI=1S/C14H21FN2O3S/c1-9-7-17(8-10(2)20-9)21(18,19)14-5-12(6-16)4-13(15)11(14)3/h4-5,9-10H,6-8,16H2,1-3H3. The van der Waals surface area contributed by atoms with Crippen molar-refractivity contribution >= 4 is 10.0 Å². The van der Waals surface area contributed by atoms with E-state index in [4.69, 9.17) is 10.5 Å². The molecule has 0 radical (unpaired) electrons. The molecule has 0 spiro atoms. The summed E-state index contributed by atoms with van der Waals surface area (Å²) in [5.41, 5.74) is 6.10. The van der Waals surface area contributed by atoms with Crippen molar-refractivity contribution < 1.29 is 17.5 Å². The fraction of sp³-hybridized carbons (Fsp3) is 0.571. The van der Waals surface area contributed by atoms with E-state index >= 15 is 0 Å². The second-order valence-electron chi connectivity index (χ2n) is 5.48. The number of nitrogens with zero attached hydrogens (tertiary/aromatic N) is 1. The number of benzene rings is 1. The van der Waals surface area contributed by atoms with E-state index in [2.05, 4.69) is 0 Å². The van der Waals surface area contributed by atoms with Crippen molar-refractivity contribution in [3.63, 3.8) is 0 Å². The predicted molar refractivity (Wildman–Crippen MR) is 77.8 cm³/mol. The molecule has 1 saturated heterocycles. The van der Waals surface area contributed by atoms with Gasteiger partial charge in [-0.1, -0.05) is 0 Å². The van der Waals surface area contributed by atoms with Gasteiger partial charge in [0.25, 0.3) is 0 Å². The van der Waals surface area contributed by atoms with Crippen molar-refractivity contribution in [2.45, 2.75) is 44.4 Å². The lowest BCUT2D eigenvalue weighted by molar-refractivity contribution is -0.0441. The maximum atomic E-state index is 13.9. The van der Waals surface area contributed by atoms with E-state index in [9.17, 15) is 12.8 Å². The van der Waals surface area contributed by atoms with Gasteiger partial charge in [-0.05, 0) is 38.5 Å². The highest BCUT2D eigenvalue weighted by atomic mass is 32.2. The number of hydrogen-bond acceptors (Lipinski definition) is 4. The largest absolute Gasteiger partial charge is 0.373 e. The van der Waals surface area contributed by atoms with Crippen LogP contribution in [-0.2, 0) is 21.3 Å². The van der Waals surface area contributed by atoms with Crippen LogP contribution in [0.4, 0.5) is 4.39 Å². The first-order chi connectivity index (χ1) is 9.75. The highest BCUT2D eigenvalue weighted by Gasteiger charge is 2.33. The van der Waals surface area contributed by atoms with Gasteiger partial charge in [0.2, 0.25) is 10.0 Å². The van der Waals surface area contributed by atoms with Gasteiger partial charge in [-0.15, -0.1) is 0 Å². The summed E-state index contributed by atoms with van der Waals surface area (Å²) < 4.78 is 46.4. The van der Waals surface area contributed by atoms with Crippen molar-refractivity contribution in [2.24, 2.45) is 5.73 Å². The number of halogens is 1. The zero-order valence-corrected chi connectivity index (χ0v) is 13.3. The molecule has 21 heavy (non-hydrogen) atoms. The van der Waals surface area contributed by atoms with E-state index in [0.717, 1.165) is 0 Å². The summed E-state index contributed by atoms with van der Waals surface area (Å²) in [4.78, 5) is -0.00995. The van der Waals surface area contributed by atoms with Crippen molar-refractivity contribution in [2.75, 3.05) is 13.1 Å². The third-order valence-corrected chi connectivity index (χ3v) is 5.55. The number of rotatable bonds is 3. The van der Waals surface area contributed by atoms with E-state index in [1.54, 1.807) is 0 Å². The Bertz CT molecular complexity index is 623. The monoisotopic (exact) mass is 316 g/mol. The Balaban J connectivity index is 2.46. The Morgan fingerprint density at radius 1 is 1.33 bits per heavy atom. The van der Waals surface area contributed by atoms with Gasteiger partial charge in [0.15, 0.2) is 0 Å². The van der Waals surface area contributed by atoms with E-state index in [0.29, 0.717) is 5.56 Å². The molecule has 0 amide bonds. The minimum absolute atomic E-state index is 0.00995. The molecule has 1 fully saturated rings. The molecule has 1 aromatic rings. The van der Waals surface area contributed by atoms with Crippen LogP contribution in [0.3, 0.4) is 0 Å². The minimum atomic E-state index is -3.76. The third-order valence-electron chi connectivity index (χ3n) is 3.60. The molecule has 1 aliphatic heterocycles. The van der Waals surface area contributed by atoms with E-state index in [-0.39, 0.29) is 42.3 Å². The molecular formula is C14H21FN2O3S. The second-order valence-corrected chi connectivity index (χ2v) is 7.39. The zero-order valence-electron chi connectivity index (χ0n) is 12.5. The van der Waals surface area contributed by atoms with Crippen LogP contribution in [0, 0.1) is 12.7 Å². The maximum absolute atomic E-state index is 13.9. The Morgan fingerprint density at radius 3 is 2.43 bits per heavy atom. The lowest BCUT2D eigenvalue weighted by atomic mass is 10.1. The van der Waals surface area contributed by atoms with E-state index in [1.165, 1.54) is 23.4 Å². The molecule has 0 bridgehead atoms. The topological polar surface area (TPSA) is 72.6 Å². The van der Waals surface area contributed by atoms with Gasteiger partial charge in [0.1, 0.15) is 5.82 Å². The molecule has 5 nitrogen and oxygen atoms in total. The van der Waals surface area contributed by atoms with Crippen LogP contribution in [-0.4, -0.2) is 38.0 Å². The zero-order chi connectivity index (χ0) is 15.8. The van der Waals surface area contributed by atoms with Gasteiger partial charge < -0.3 is 10.5 Å². The Morgan fingerprint density at radius 2 is 1.90 bits per heavy atom. The van der Waals surface area contributed by atoms with Crippen LogP contribution in [0.25, 0.3) is 0 Å². The first-order valence-electron chi connectivity index (χ1n) is 6.90. The molecule has 0 saturated carbocycles. The molecule has 1 heterocycles. The van der Waals surface area contributed by atoms with Crippen LogP contribution in [0.2, 0.25) is 0 Å². The molecular weight excluding hydrogens is 295 g/mol. The summed E-state index contributed by atoms with van der Waals surface area (Å²) in [5, 5.41) is 0. The Hall–Kier alpha value is -1.02.